The van der Waals surface area contributed by atoms with E-state index in [-0.39, 0.29) is 12.4 Å². The highest BCUT2D eigenvalue weighted by Gasteiger charge is 1.93. The maximum atomic E-state index is 3.13. The summed E-state index contributed by atoms with van der Waals surface area (Å²) < 4.78 is 0. The number of benzene rings is 1. The minimum atomic E-state index is 0. The van der Waals surface area contributed by atoms with Crippen LogP contribution in [0.3, 0.4) is 0 Å². The highest BCUT2D eigenvalue weighted by atomic mass is 35.5. The summed E-state index contributed by atoms with van der Waals surface area (Å²) in [4.78, 5) is 0. The summed E-state index contributed by atoms with van der Waals surface area (Å²) in [7, 11) is 1.97. The molecule has 0 aromatic heterocycles. The lowest BCUT2D eigenvalue weighted by Gasteiger charge is -2.03. The van der Waals surface area contributed by atoms with E-state index < -0.39 is 0 Å². The number of rotatable bonds is 2. The van der Waals surface area contributed by atoms with Crippen molar-refractivity contribution < 1.29 is 0 Å². The van der Waals surface area contributed by atoms with E-state index in [4.69, 9.17) is 0 Å². The molecule has 1 aromatic rings. The Labute approximate surface area is 80.6 Å². The van der Waals surface area contributed by atoms with Crippen molar-refractivity contribution in [3.05, 3.63) is 34.9 Å². The molecule has 0 amide bonds. The van der Waals surface area contributed by atoms with Gasteiger partial charge in [-0.1, -0.05) is 18.2 Å². The van der Waals surface area contributed by atoms with Crippen LogP contribution in [0.4, 0.5) is 0 Å². The molecule has 1 rings (SSSR count). The van der Waals surface area contributed by atoms with Crippen molar-refractivity contribution in [2.24, 2.45) is 0 Å². The first-order valence-electron chi connectivity index (χ1n) is 3.95. The minimum absolute atomic E-state index is 0. The second-order valence-electron chi connectivity index (χ2n) is 2.95. The summed E-state index contributed by atoms with van der Waals surface area (Å²) in [5.74, 6) is 0. The van der Waals surface area contributed by atoms with Crippen LogP contribution in [0.5, 0.6) is 0 Å². The third-order valence-electron chi connectivity index (χ3n) is 1.95. The molecule has 1 N–H and O–H groups in total. The molecule has 0 spiro atoms. The zero-order valence-corrected chi connectivity index (χ0v) is 8.66. The quantitative estimate of drug-likeness (QED) is 0.747. The largest absolute Gasteiger partial charge is 0.316 e. The van der Waals surface area contributed by atoms with Crippen LogP contribution in [0.2, 0.25) is 0 Å². The number of aryl methyl sites for hydroxylation is 2. The van der Waals surface area contributed by atoms with Gasteiger partial charge < -0.3 is 5.32 Å². The monoisotopic (exact) mass is 185 g/mol. The molecule has 1 aromatic carbocycles. The molecule has 68 valence electrons. The Morgan fingerprint density at radius 3 is 2.33 bits per heavy atom. The Kier molecular flexibility index (Phi) is 4.95. The van der Waals surface area contributed by atoms with Crippen LogP contribution < -0.4 is 5.32 Å². The van der Waals surface area contributed by atoms with E-state index in [0.717, 1.165) is 6.54 Å². The van der Waals surface area contributed by atoms with E-state index in [9.17, 15) is 0 Å². The molecule has 0 atom stereocenters. The molecule has 1 nitrogen and oxygen atoms in total. The molecule has 0 bridgehead atoms. The maximum Gasteiger partial charge on any atom is 0.0202 e. The van der Waals surface area contributed by atoms with Crippen LogP contribution in [-0.4, -0.2) is 7.05 Å². The van der Waals surface area contributed by atoms with Crippen molar-refractivity contribution in [2.75, 3.05) is 7.05 Å². The van der Waals surface area contributed by atoms with Gasteiger partial charge in [0.2, 0.25) is 0 Å². The lowest BCUT2D eigenvalue weighted by Crippen LogP contribution is -2.05. The van der Waals surface area contributed by atoms with Gasteiger partial charge in [-0.25, -0.2) is 0 Å². The van der Waals surface area contributed by atoms with Crippen molar-refractivity contribution in [3.63, 3.8) is 0 Å². The number of nitrogens with one attached hydrogen (secondary N) is 1. The van der Waals surface area contributed by atoms with Crippen LogP contribution in [0.15, 0.2) is 18.2 Å². The molecule has 0 heterocycles. The topological polar surface area (TPSA) is 12.0 Å². The van der Waals surface area contributed by atoms with Crippen LogP contribution in [0.1, 0.15) is 16.7 Å². The fraction of sp³-hybridized carbons (Fsp3) is 0.400. The fourth-order valence-corrected chi connectivity index (χ4v) is 1.12. The minimum Gasteiger partial charge on any atom is -0.316 e. The standard InChI is InChI=1S/C10H15N.ClH/c1-8-4-5-10(7-11-3)6-9(8)2;/h4-6,11H,7H2,1-3H3;1H. The highest BCUT2D eigenvalue weighted by Crippen LogP contribution is 2.08. The van der Waals surface area contributed by atoms with Gasteiger partial charge in [0.05, 0.1) is 0 Å². The lowest BCUT2D eigenvalue weighted by molar-refractivity contribution is 0.816. The van der Waals surface area contributed by atoms with E-state index in [1.807, 2.05) is 7.05 Å². The smallest absolute Gasteiger partial charge is 0.0202 e. The summed E-state index contributed by atoms with van der Waals surface area (Å²) >= 11 is 0. The zero-order valence-electron chi connectivity index (χ0n) is 7.85. The second kappa shape index (κ2) is 5.18. The van der Waals surface area contributed by atoms with Crippen molar-refractivity contribution in [1.82, 2.24) is 5.32 Å². The summed E-state index contributed by atoms with van der Waals surface area (Å²) in [5.41, 5.74) is 4.10. The van der Waals surface area contributed by atoms with Crippen LogP contribution in [-0.2, 0) is 6.54 Å². The van der Waals surface area contributed by atoms with Gasteiger partial charge in [0, 0.05) is 6.54 Å². The Morgan fingerprint density at radius 2 is 1.83 bits per heavy atom. The summed E-state index contributed by atoms with van der Waals surface area (Å²) in [5, 5.41) is 3.13. The third-order valence-corrected chi connectivity index (χ3v) is 1.95. The highest BCUT2D eigenvalue weighted by molar-refractivity contribution is 5.85. The fourth-order valence-electron chi connectivity index (χ4n) is 1.12. The molecule has 0 unspecified atom stereocenters. The van der Waals surface area contributed by atoms with E-state index in [2.05, 4.69) is 37.4 Å². The number of halogens is 1. The molecule has 0 saturated carbocycles. The van der Waals surface area contributed by atoms with Crippen molar-refractivity contribution in [3.8, 4) is 0 Å². The summed E-state index contributed by atoms with van der Waals surface area (Å²) in [6, 6.07) is 6.56. The maximum absolute atomic E-state index is 3.13. The first kappa shape index (κ1) is 11.5. The Balaban J connectivity index is 0.00000121. The molecule has 12 heavy (non-hydrogen) atoms. The summed E-state index contributed by atoms with van der Waals surface area (Å²) in [6.07, 6.45) is 0. The van der Waals surface area contributed by atoms with Gasteiger partial charge in [-0.05, 0) is 37.6 Å². The van der Waals surface area contributed by atoms with E-state index in [1.165, 1.54) is 16.7 Å². The lowest BCUT2D eigenvalue weighted by atomic mass is 10.1. The van der Waals surface area contributed by atoms with E-state index in [0.29, 0.717) is 0 Å². The van der Waals surface area contributed by atoms with Gasteiger partial charge in [-0.2, -0.15) is 0 Å². The molecule has 0 radical (unpaired) electrons. The summed E-state index contributed by atoms with van der Waals surface area (Å²) in [6.45, 7) is 5.24. The predicted octanol–water partition coefficient (Wildman–Crippen LogP) is 2.44. The molecule has 0 aliphatic carbocycles. The normalized spacial score (nSPS) is 9.25. The van der Waals surface area contributed by atoms with E-state index in [1.54, 1.807) is 0 Å². The Hall–Kier alpha value is -0.530. The first-order valence-corrected chi connectivity index (χ1v) is 3.95. The predicted molar refractivity (Wildman–Crippen MR) is 55.9 cm³/mol. The average Bonchev–Trinajstić information content (AvgIpc) is 1.98. The zero-order chi connectivity index (χ0) is 8.27. The Bertz CT molecular complexity index is 246. The van der Waals surface area contributed by atoms with Crippen molar-refractivity contribution >= 4 is 12.4 Å². The molecule has 0 fully saturated rings. The van der Waals surface area contributed by atoms with Crippen LogP contribution >= 0.6 is 12.4 Å². The molecule has 0 aliphatic heterocycles. The van der Waals surface area contributed by atoms with E-state index >= 15 is 0 Å². The number of hydrogen-bond donors (Lipinski definition) is 1. The third kappa shape index (κ3) is 2.84. The van der Waals surface area contributed by atoms with Crippen LogP contribution in [0.25, 0.3) is 0 Å². The molecular formula is C10H16ClN. The van der Waals surface area contributed by atoms with Gasteiger partial charge in [-0.15, -0.1) is 12.4 Å². The molecule has 2 heteroatoms. The van der Waals surface area contributed by atoms with Crippen molar-refractivity contribution in [2.45, 2.75) is 20.4 Å². The second-order valence-corrected chi connectivity index (χ2v) is 2.95. The van der Waals surface area contributed by atoms with Crippen LogP contribution in [0, 0.1) is 13.8 Å². The molecular weight excluding hydrogens is 170 g/mol. The van der Waals surface area contributed by atoms with Crippen molar-refractivity contribution in [1.29, 1.82) is 0 Å². The average molecular weight is 186 g/mol. The van der Waals surface area contributed by atoms with Gasteiger partial charge in [0.25, 0.3) is 0 Å². The van der Waals surface area contributed by atoms with Gasteiger partial charge >= 0.3 is 0 Å². The van der Waals surface area contributed by atoms with Gasteiger partial charge in [0.1, 0.15) is 0 Å². The van der Waals surface area contributed by atoms with Gasteiger partial charge in [0.15, 0.2) is 0 Å². The molecule has 0 aliphatic rings. The Morgan fingerprint density at radius 1 is 1.17 bits per heavy atom. The first-order chi connectivity index (χ1) is 5.24. The van der Waals surface area contributed by atoms with Gasteiger partial charge in [-0.3, -0.25) is 0 Å². The number of hydrogen-bond acceptors (Lipinski definition) is 1. The molecule has 0 saturated heterocycles. The SMILES string of the molecule is CNCc1ccc(C)c(C)c1.Cl.